The molecule has 5 nitrogen and oxygen atoms in total. The summed E-state index contributed by atoms with van der Waals surface area (Å²) in [6.07, 6.45) is 4.54. The third kappa shape index (κ3) is 2.74. The Bertz CT molecular complexity index is 847. The molecule has 0 radical (unpaired) electrons. The molecule has 4 rings (SSSR count). The zero-order valence-electron chi connectivity index (χ0n) is 13.0. The summed E-state index contributed by atoms with van der Waals surface area (Å²) in [6, 6.07) is 8.08. The molecule has 6 heteroatoms. The first kappa shape index (κ1) is 14.4. The molecule has 0 bridgehead atoms. The van der Waals surface area contributed by atoms with E-state index >= 15 is 0 Å². The highest BCUT2D eigenvalue weighted by atomic mass is 32.1. The van der Waals surface area contributed by atoms with E-state index in [0.29, 0.717) is 17.4 Å². The molecule has 1 fully saturated rings. The predicted octanol–water partition coefficient (Wildman–Crippen LogP) is 3.44. The van der Waals surface area contributed by atoms with Crippen molar-refractivity contribution in [1.82, 2.24) is 19.9 Å². The molecule has 3 aromatic heterocycles. The van der Waals surface area contributed by atoms with E-state index in [1.54, 1.807) is 15.9 Å². The van der Waals surface area contributed by atoms with Crippen LogP contribution >= 0.6 is 11.3 Å². The van der Waals surface area contributed by atoms with Crippen molar-refractivity contribution in [3.05, 3.63) is 41.0 Å². The molecule has 0 saturated heterocycles. The number of aryl methyl sites for hydroxylation is 1. The lowest BCUT2D eigenvalue weighted by Gasteiger charge is -2.11. The number of hydrogen-bond acceptors (Lipinski definition) is 4. The summed E-state index contributed by atoms with van der Waals surface area (Å²) in [5, 5.41) is 9.71. The summed E-state index contributed by atoms with van der Waals surface area (Å²) in [7, 11) is 0. The Morgan fingerprint density at radius 3 is 2.91 bits per heavy atom. The van der Waals surface area contributed by atoms with Crippen molar-refractivity contribution in [2.24, 2.45) is 0 Å². The maximum Gasteiger partial charge on any atom is 0.270 e. The number of carbonyl (C=O) groups is 1. The van der Waals surface area contributed by atoms with Crippen LogP contribution in [-0.4, -0.2) is 26.5 Å². The molecule has 3 aromatic rings. The van der Waals surface area contributed by atoms with E-state index in [9.17, 15) is 4.79 Å². The average Bonchev–Trinajstić information content (AvgIpc) is 3.27. The Labute approximate surface area is 138 Å². The van der Waals surface area contributed by atoms with Crippen LogP contribution in [0.3, 0.4) is 0 Å². The van der Waals surface area contributed by atoms with Crippen LogP contribution in [-0.2, 0) is 0 Å². The normalized spacial score (nSPS) is 15.3. The zero-order chi connectivity index (χ0) is 15.8. The SMILES string of the molecule is Cc1cc(C(=O)NC2CCCC2)nc2cc(-c3cccs3)nn12. The van der Waals surface area contributed by atoms with Crippen molar-refractivity contribution >= 4 is 22.9 Å². The first-order chi connectivity index (χ1) is 11.2. The van der Waals surface area contributed by atoms with Gasteiger partial charge in [-0.15, -0.1) is 11.3 Å². The van der Waals surface area contributed by atoms with Crippen molar-refractivity contribution in [1.29, 1.82) is 0 Å². The second kappa shape index (κ2) is 5.77. The molecule has 3 heterocycles. The highest BCUT2D eigenvalue weighted by Crippen LogP contribution is 2.24. The van der Waals surface area contributed by atoms with E-state index in [1.807, 2.05) is 36.6 Å². The first-order valence-corrected chi connectivity index (χ1v) is 8.81. The third-order valence-electron chi connectivity index (χ3n) is 4.30. The molecule has 0 unspecified atom stereocenters. The number of thiophene rings is 1. The highest BCUT2D eigenvalue weighted by Gasteiger charge is 2.20. The fraction of sp³-hybridized carbons (Fsp3) is 0.353. The van der Waals surface area contributed by atoms with E-state index in [4.69, 9.17) is 0 Å². The minimum Gasteiger partial charge on any atom is -0.348 e. The Morgan fingerprint density at radius 1 is 1.35 bits per heavy atom. The monoisotopic (exact) mass is 326 g/mol. The first-order valence-electron chi connectivity index (χ1n) is 7.93. The molecule has 1 N–H and O–H groups in total. The summed E-state index contributed by atoms with van der Waals surface area (Å²) in [5.41, 5.74) is 2.99. The third-order valence-corrected chi connectivity index (χ3v) is 5.19. The van der Waals surface area contributed by atoms with E-state index in [0.717, 1.165) is 29.1 Å². The highest BCUT2D eigenvalue weighted by molar-refractivity contribution is 7.13. The van der Waals surface area contributed by atoms with E-state index in [1.165, 1.54) is 12.8 Å². The van der Waals surface area contributed by atoms with Gasteiger partial charge in [-0.2, -0.15) is 5.10 Å². The van der Waals surface area contributed by atoms with Crippen LogP contribution in [0.25, 0.3) is 16.2 Å². The number of fused-ring (bicyclic) bond motifs is 1. The lowest BCUT2D eigenvalue weighted by molar-refractivity contribution is 0.0933. The molecular weight excluding hydrogens is 308 g/mol. The van der Waals surface area contributed by atoms with E-state index in [2.05, 4.69) is 15.4 Å². The van der Waals surface area contributed by atoms with Crippen LogP contribution in [0.4, 0.5) is 0 Å². The van der Waals surface area contributed by atoms with E-state index in [-0.39, 0.29) is 5.91 Å². The standard InChI is InChI=1S/C17H18N4OS/c1-11-9-14(17(22)18-12-5-2-3-6-12)19-16-10-13(20-21(11)16)15-7-4-8-23-15/h4,7-10,12H,2-3,5-6H2,1H3,(H,18,22). The summed E-state index contributed by atoms with van der Waals surface area (Å²) < 4.78 is 1.79. The fourth-order valence-corrected chi connectivity index (χ4v) is 3.80. The average molecular weight is 326 g/mol. The maximum atomic E-state index is 12.4. The molecule has 1 amide bonds. The van der Waals surface area contributed by atoms with Gasteiger partial charge in [0, 0.05) is 17.8 Å². The zero-order valence-corrected chi connectivity index (χ0v) is 13.8. The van der Waals surface area contributed by atoms with Gasteiger partial charge in [0.05, 0.1) is 4.88 Å². The Morgan fingerprint density at radius 2 is 2.17 bits per heavy atom. The molecule has 0 aliphatic heterocycles. The predicted molar refractivity (Wildman–Crippen MR) is 90.8 cm³/mol. The summed E-state index contributed by atoms with van der Waals surface area (Å²) in [4.78, 5) is 18.0. The van der Waals surface area contributed by atoms with Gasteiger partial charge in [-0.05, 0) is 37.3 Å². The fourth-order valence-electron chi connectivity index (χ4n) is 3.12. The van der Waals surface area contributed by atoms with Crippen LogP contribution in [0.5, 0.6) is 0 Å². The van der Waals surface area contributed by atoms with Crippen molar-refractivity contribution in [2.75, 3.05) is 0 Å². The van der Waals surface area contributed by atoms with Gasteiger partial charge >= 0.3 is 0 Å². The summed E-state index contributed by atoms with van der Waals surface area (Å²) >= 11 is 1.65. The number of hydrogen-bond donors (Lipinski definition) is 1. The number of amides is 1. The Kier molecular flexibility index (Phi) is 3.61. The van der Waals surface area contributed by atoms with Gasteiger partial charge in [0.1, 0.15) is 11.4 Å². The van der Waals surface area contributed by atoms with Gasteiger partial charge in [0.15, 0.2) is 5.65 Å². The van der Waals surface area contributed by atoms with Gasteiger partial charge in [0.25, 0.3) is 5.91 Å². The molecule has 118 valence electrons. The Balaban J connectivity index is 1.67. The summed E-state index contributed by atoms with van der Waals surface area (Å²) in [6.45, 7) is 1.95. The van der Waals surface area contributed by atoms with Crippen LogP contribution in [0.15, 0.2) is 29.6 Å². The van der Waals surface area contributed by atoms with Crippen molar-refractivity contribution in [2.45, 2.75) is 38.6 Å². The lowest BCUT2D eigenvalue weighted by Crippen LogP contribution is -2.33. The number of nitrogens with one attached hydrogen (secondary N) is 1. The van der Waals surface area contributed by atoms with Crippen molar-refractivity contribution in [3.8, 4) is 10.6 Å². The minimum atomic E-state index is -0.0821. The number of carbonyl (C=O) groups excluding carboxylic acids is 1. The van der Waals surface area contributed by atoms with Crippen LogP contribution in [0, 0.1) is 6.92 Å². The second-order valence-corrected chi connectivity index (χ2v) is 6.96. The van der Waals surface area contributed by atoms with Gasteiger partial charge in [-0.1, -0.05) is 18.9 Å². The minimum absolute atomic E-state index is 0.0821. The largest absolute Gasteiger partial charge is 0.348 e. The van der Waals surface area contributed by atoms with Gasteiger partial charge < -0.3 is 5.32 Å². The molecule has 1 aliphatic rings. The number of rotatable bonds is 3. The topological polar surface area (TPSA) is 59.3 Å². The van der Waals surface area contributed by atoms with Crippen LogP contribution in [0.2, 0.25) is 0 Å². The molecular formula is C17H18N4OS. The maximum absolute atomic E-state index is 12.4. The van der Waals surface area contributed by atoms with Gasteiger partial charge in [0.2, 0.25) is 0 Å². The molecule has 1 aliphatic carbocycles. The van der Waals surface area contributed by atoms with Gasteiger partial charge in [-0.3, -0.25) is 4.79 Å². The Hall–Kier alpha value is -2.21. The number of nitrogens with zero attached hydrogens (tertiary/aromatic N) is 3. The van der Waals surface area contributed by atoms with Crippen LogP contribution < -0.4 is 5.32 Å². The molecule has 0 aromatic carbocycles. The molecule has 1 saturated carbocycles. The van der Waals surface area contributed by atoms with Crippen LogP contribution in [0.1, 0.15) is 41.9 Å². The van der Waals surface area contributed by atoms with Gasteiger partial charge in [-0.25, -0.2) is 9.50 Å². The smallest absolute Gasteiger partial charge is 0.270 e. The van der Waals surface area contributed by atoms with E-state index < -0.39 is 0 Å². The number of aromatic nitrogens is 3. The lowest BCUT2D eigenvalue weighted by atomic mass is 10.2. The molecule has 23 heavy (non-hydrogen) atoms. The molecule has 0 atom stereocenters. The summed E-state index contributed by atoms with van der Waals surface area (Å²) in [5.74, 6) is -0.0821. The molecule has 0 spiro atoms. The quantitative estimate of drug-likeness (QED) is 0.802. The van der Waals surface area contributed by atoms with Crippen molar-refractivity contribution in [3.63, 3.8) is 0 Å². The van der Waals surface area contributed by atoms with Crippen molar-refractivity contribution < 1.29 is 4.79 Å². The second-order valence-electron chi connectivity index (χ2n) is 6.01.